The quantitative estimate of drug-likeness (QED) is 0.242. The van der Waals surface area contributed by atoms with Gasteiger partial charge >= 0.3 is 0 Å². The predicted octanol–water partition coefficient (Wildman–Crippen LogP) is 4.28. The van der Waals surface area contributed by atoms with Gasteiger partial charge in [-0.3, -0.25) is 0 Å². The van der Waals surface area contributed by atoms with Crippen LogP contribution in [-0.4, -0.2) is 46.3 Å². The minimum absolute atomic E-state index is 0.0610. The summed E-state index contributed by atoms with van der Waals surface area (Å²) >= 11 is 0. The first-order valence-electron chi connectivity index (χ1n) is 11.2. The molecular weight excluding hydrogens is 438 g/mol. The molecule has 0 bridgehead atoms. The second kappa shape index (κ2) is 14.0. The number of hydrogen-bond acceptors (Lipinski definition) is 6. The Kier molecular flexibility index (Phi) is 11.4. The fraction of sp³-hybridized carbons (Fsp3) is 0.462. The fourth-order valence-electron chi connectivity index (χ4n) is 3.71. The molecule has 3 atom stereocenters. The van der Waals surface area contributed by atoms with Crippen LogP contribution in [0.15, 0.2) is 61.2 Å². The molecule has 0 saturated heterocycles. The Morgan fingerprint density at radius 1 is 1.00 bits per heavy atom. The predicted molar refractivity (Wildman–Crippen MR) is 132 cm³/mol. The van der Waals surface area contributed by atoms with E-state index in [0.29, 0.717) is 25.9 Å². The van der Waals surface area contributed by atoms with Crippen molar-refractivity contribution < 1.29 is 27.8 Å². The van der Waals surface area contributed by atoms with Crippen molar-refractivity contribution >= 4 is 10.6 Å². The minimum Gasteiger partial charge on any atom is -0.497 e. The molecule has 0 aliphatic rings. The van der Waals surface area contributed by atoms with E-state index < -0.39 is 16.7 Å². The van der Waals surface area contributed by atoms with Gasteiger partial charge in [-0.15, -0.1) is 6.58 Å². The van der Waals surface area contributed by atoms with E-state index in [4.69, 9.17) is 9.47 Å². The maximum Gasteiger partial charge on any atom is 0.149 e. The molecule has 0 radical (unpaired) electrons. The maximum absolute atomic E-state index is 13.9. The first kappa shape index (κ1) is 26.9. The molecule has 0 unspecified atom stereocenters. The lowest BCUT2D eigenvalue weighted by Gasteiger charge is -2.28. The summed E-state index contributed by atoms with van der Waals surface area (Å²) in [5.41, 5.74) is 2.03. The maximum atomic E-state index is 13.9. The zero-order chi connectivity index (χ0) is 24.2. The number of rotatable bonds is 14. The Morgan fingerprint density at radius 2 is 1.48 bits per heavy atom. The van der Waals surface area contributed by atoms with Crippen LogP contribution in [0.1, 0.15) is 37.3 Å². The summed E-state index contributed by atoms with van der Waals surface area (Å²) in [7, 11) is 1.87. The van der Waals surface area contributed by atoms with Gasteiger partial charge in [0.2, 0.25) is 0 Å². The van der Waals surface area contributed by atoms with Gasteiger partial charge in [0.25, 0.3) is 0 Å². The van der Waals surface area contributed by atoms with Crippen LogP contribution in [0, 0.1) is 5.92 Å². The Balaban J connectivity index is 2.45. The molecular formula is C26H37NO5S. The second-order valence-electron chi connectivity index (χ2n) is 8.21. The highest BCUT2D eigenvalue weighted by Crippen LogP contribution is 2.22. The van der Waals surface area contributed by atoms with Crippen molar-refractivity contribution in [2.24, 2.45) is 5.92 Å². The Bertz CT molecular complexity index is 885. The van der Waals surface area contributed by atoms with Crippen LogP contribution >= 0.6 is 0 Å². The van der Waals surface area contributed by atoms with E-state index in [9.17, 15) is 14.4 Å². The van der Waals surface area contributed by atoms with Crippen molar-refractivity contribution in [2.75, 3.05) is 20.8 Å². The first-order chi connectivity index (χ1) is 15.9. The lowest BCUT2D eigenvalue weighted by molar-refractivity contribution is -0.536. The van der Waals surface area contributed by atoms with E-state index in [1.54, 1.807) is 14.2 Å². The van der Waals surface area contributed by atoms with Gasteiger partial charge in [-0.2, -0.15) is 0 Å². The van der Waals surface area contributed by atoms with E-state index >= 15 is 0 Å². The summed E-state index contributed by atoms with van der Waals surface area (Å²) in [4.78, 5) is 0. The molecule has 0 amide bonds. The van der Waals surface area contributed by atoms with E-state index in [2.05, 4.69) is 6.58 Å². The van der Waals surface area contributed by atoms with Crippen LogP contribution in [0.3, 0.4) is 0 Å². The van der Waals surface area contributed by atoms with Crippen LogP contribution in [0.2, 0.25) is 0 Å². The molecule has 6 nitrogen and oxygen atoms in total. The van der Waals surface area contributed by atoms with Crippen LogP contribution < -0.4 is 9.47 Å². The van der Waals surface area contributed by atoms with Gasteiger partial charge in [0.1, 0.15) is 24.6 Å². The summed E-state index contributed by atoms with van der Waals surface area (Å²) < 4.78 is 26.4. The van der Waals surface area contributed by atoms with Crippen molar-refractivity contribution in [3.05, 3.63) is 72.3 Å². The van der Waals surface area contributed by atoms with Gasteiger partial charge in [0, 0.05) is 17.7 Å². The van der Waals surface area contributed by atoms with E-state index in [1.807, 2.05) is 65.5 Å². The molecule has 0 fully saturated rings. The standard InChI is InChI=1S/C26H37NO5S/c1-5-6-20(2)26(17-23(29)15-16-28)33(30)27(18-21-7-11-24(31-3)12-8-21)19-22-9-13-25(32-4)14-10-22/h5,7-14,20,23,26,28-29H,1,6,15-19H2,2-4H3/t20-,23+,26-/m0/s1. The van der Waals surface area contributed by atoms with E-state index in [0.717, 1.165) is 22.6 Å². The number of methoxy groups -OCH3 is 2. The fourth-order valence-corrected chi connectivity index (χ4v) is 5.54. The molecule has 182 valence electrons. The molecule has 0 aliphatic carbocycles. The molecule has 2 rings (SSSR count). The van der Waals surface area contributed by atoms with Crippen molar-refractivity contribution in [3.8, 4) is 11.5 Å². The zero-order valence-electron chi connectivity index (χ0n) is 19.9. The minimum atomic E-state index is -1.39. The molecule has 0 heterocycles. The average molecular weight is 476 g/mol. The molecule has 0 spiro atoms. The highest BCUT2D eigenvalue weighted by Gasteiger charge is 2.20. The topological polar surface area (TPSA) is 79.0 Å². The summed E-state index contributed by atoms with van der Waals surface area (Å²) in [6.45, 7) is 6.73. The van der Waals surface area contributed by atoms with Crippen molar-refractivity contribution in [1.82, 2.24) is 0 Å². The number of ether oxygens (including phenoxy) is 2. The normalized spacial score (nSPS) is 13.9. The SMILES string of the molecule is C=CC[C@H](C)[C@H](C[C@H](O)CCO)[S-](=O)=[N+](Cc1ccc(OC)cc1)Cc1ccc(OC)cc1. The van der Waals surface area contributed by atoms with Gasteiger partial charge < -0.3 is 27.8 Å². The van der Waals surface area contributed by atoms with Crippen molar-refractivity contribution in [1.29, 1.82) is 0 Å². The smallest absolute Gasteiger partial charge is 0.149 e. The molecule has 2 N–H and O–H groups in total. The molecule has 0 saturated carbocycles. The van der Waals surface area contributed by atoms with Gasteiger partial charge in [-0.1, -0.05) is 13.0 Å². The molecule has 7 heteroatoms. The summed E-state index contributed by atoms with van der Waals surface area (Å²) in [6.07, 6.45) is 2.43. The van der Waals surface area contributed by atoms with Crippen LogP contribution in [0.4, 0.5) is 0 Å². The van der Waals surface area contributed by atoms with E-state index in [-0.39, 0.29) is 24.2 Å². The third kappa shape index (κ3) is 8.50. The average Bonchev–Trinajstić information content (AvgIpc) is 2.83. The molecule has 0 aliphatic heterocycles. The molecule has 2 aromatic carbocycles. The van der Waals surface area contributed by atoms with Gasteiger partial charge in [-0.25, -0.2) is 0 Å². The number of aliphatic hydroxyl groups is 2. The van der Waals surface area contributed by atoms with Crippen LogP contribution in [0.5, 0.6) is 11.5 Å². The number of aliphatic hydroxyl groups excluding tert-OH is 2. The Morgan fingerprint density at radius 3 is 1.88 bits per heavy atom. The largest absolute Gasteiger partial charge is 0.497 e. The number of allylic oxidation sites excluding steroid dienone is 1. The van der Waals surface area contributed by atoms with E-state index in [1.165, 1.54) is 0 Å². The third-order valence-corrected chi connectivity index (χ3v) is 7.63. The van der Waals surface area contributed by atoms with Crippen molar-refractivity contribution in [2.45, 2.75) is 50.6 Å². The van der Waals surface area contributed by atoms with Gasteiger partial charge in [-0.05, 0) is 89.6 Å². The highest BCUT2D eigenvalue weighted by molar-refractivity contribution is 7.73. The Hall–Kier alpha value is -2.35. The Labute approximate surface area is 199 Å². The van der Waals surface area contributed by atoms with Gasteiger partial charge in [0.15, 0.2) is 0 Å². The van der Waals surface area contributed by atoms with Gasteiger partial charge in [0.05, 0.1) is 20.3 Å². The van der Waals surface area contributed by atoms with Crippen LogP contribution in [0.25, 0.3) is 0 Å². The lowest BCUT2D eigenvalue weighted by Crippen LogP contribution is -2.30. The van der Waals surface area contributed by atoms with Crippen LogP contribution in [-0.2, 0) is 27.9 Å². The highest BCUT2D eigenvalue weighted by atomic mass is 32.2. The third-order valence-electron chi connectivity index (χ3n) is 5.69. The van der Waals surface area contributed by atoms with Crippen molar-refractivity contribution in [3.63, 3.8) is 0 Å². The second-order valence-corrected chi connectivity index (χ2v) is 9.89. The summed E-state index contributed by atoms with van der Waals surface area (Å²) in [5.74, 6) is 1.60. The first-order valence-corrected chi connectivity index (χ1v) is 12.4. The molecule has 2 aromatic rings. The molecule has 0 aromatic heterocycles. The summed E-state index contributed by atoms with van der Waals surface area (Å²) in [6, 6.07) is 15.5. The summed E-state index contributed by atoms with van der Waals surface area (Å²) in [5, 5.41) is 19.4. The molecule has 33 heavy (non-hydrogen) atoms. The monoisotopic (exact) mass is 475 g/mol. The number of benzene rings is 2. The number of hydrogen-bond donors (Lipinski definition) is 2. The number of nitrogens with zero attached hydrogens (tertiary/aromatic N) is 1. The zero-order valence-corrected chi connectivity index (χ0v) is 20.7. The lowest BCUT2D eigenvalue weighted by atomic mass is 9.98.